The summed E-state index contributed by atoms with van der Waals surface area (Å²) in [6.45, 7) is 4.03. The van der Waals surface area contributed by atoms with Crippen LogP contribution in [0.2, 0.25) is 0 Å². The zero-order chi connectivity index (χ0) is 31.8. The highest BCUT2D eigenvalue weighted by molar-refractivity contribution is 7.07. The summed E-state index contributed by atoms with van der Waals surface area (Å²) in [5.74, 6) is 0.155. The van der Waals surface area contributed by atoms with E-state index in [9.17, 15) is 9.59 Å². The zero-order valence-corrected chi connectivity index (χ0v) is 26.4. The zero-order valence-electron chi connectivity index (χ0n) is 25.6. The summed E-state index contributed by atoms with van der Waals surface area (Å²) in [5, 5.41) is 1.02. The molecule has 228 valence electrons. The minimum atomic E-state index is -0.766. The summed E-state index contributed by atoms with van der Waals surface area (Å²) < 4.78 is 13.1. The summed E-state index contributed by atoms with van der Waals surface area (Å²) in [7, 11) is 1.60. The van der Waals surface area contributed by atoms with Crippen molar-refractivity contribution in [2.75, 3.05) is 13.7 Å². The van der Waals surface area contributed by atoms with Gasteiger partial charge in [0.2, 0.25) is 0 Å². The molecular formula is C38H31N3O4S. The molecule has 1 N–H and O–H groups in total. The van der Waals surface area contributed by atoms with E-state index in [2.05, 4.69) is 36.2 Å². The average Bonchev–Trinajstić information content (AvgIpc) is 3.62. The lowest BCUT2D eigenvalue weighted by atomic mass is 9.93. The molecule has 0 amide bonds. The first kappa shape index (κ1) is 29.3. The van der Waals surface area contributed by atoms with Crippen LogP contribution < -0.4 is 19.6 Å². The van der Waals surface area contributed by atoms with E-state index in [0.29, 0.717) is 26.4 Å². The lowest BCUT2D eigenvalue weighted by Gasteiger charge is -2.26. The van der Waals surface area contributed by atoms with Gasteiger partial charge in [-0.3, -0.25) is 9.36 Å². The van der Waals surface area contributed by atoms with Crippen molar-refractivity contribution in [1.82, 2.24) is 9.55 Å². The van der Waals surface area contributed by atoms with Crippen LogP contribution >= 0.6 is 11.3 Å². The second-order valence-corrected chi connectivity index (χ2v) is 12.0. The van der Waals surface area contributed by atoms with Gasteiger partial charge in [0.05, 0.1) is 41.3 Å². The van der Waals surface area contributed by atoms with E-state index in [1.165, 1.54) is 11.3 Å². The van der Waals surface area contributed by atoms with Crippen LogP contribution in [0.25, 0.3) is 33.9 Å². The number of esters is 1. The highest BCUT2D eigenvalue weighted by Gasteiger charge is 2.35. The number of benzene rings is 4. The van der Waals surface area contributed by atoms with E-state index < -0.39 is 12.0 Å². The van der Waals surface area contributed by atoms with Crippen molar-refractivity contribution >= 4 is 40.0 Å². The molecule has 7 rings (SSSR count). The first-order valence-corrected chi connectivity index (χ1v) is 15.9. The molecule has 0 radical (unpaired) electrons. The number of fused-ring (bicyclic) bond motifs is 2. The lowest BCUT2D eigenvalue weighted by molar-refractivity contribution is -0.138. The number of aryl methyl sites for hydroxylation is 1. The van der Waals surface area contributed by atoms with E-state index in [1.807, 2.05) is 84.9 Å². The highest BCUT2D eigenvalue weighted by Crippen LogP contribution is 2.36. The second-order valence-electron chi connectivity index (χ2n) is 11.0. The molecule has 1 aliphatic heterocycles. The third kappa shape index (κ3) is 5.06. The maximum Gasteiger partial charge on any atom is 0.338 e. The lowest BCUT2D eigenvalue weighted by Crippen LogP contribution is -2.40. The molecule has 1 atom stereocenters. The Hall–Kier alpha value is -5.47. The molecule has 46 heavy (non-hydrogen) atoms. The van der Waals surface area contributed by atoms with Gasteiger partial charge in [-0.15, -0.1) is 0 Å². The number of rotatable bonds is 7. The largest absolute Gasteiger partial charge is 0.497 e. The molecule has 0 fully saturated rings. The number of thiazole rings is 1. The van der Waals surface area contributed by atoms with Gasteiger partial charge in [-0.05, 0) is 48.7 Å². The molecule has 3 heterocycles. The number of ether oxygens (including phenoxy) is 2. The molecule has 0 unspecified atom stereocenters. The van der Waals surface area contributed by atoms with Crippen LogP contribution in [-0.4, -0.2) is 29.2 Å². The fraction of sp³-hybridized carbons (Fsp3) is 0.132. The Balaban J connectivity index is 1.53. The van der Waals surface area contributed by atoms with Gasteiger partial charge in [0.1, 0.15) is 5.75 Å². The Morgan fingerprint density at radius 1 is 0.935 bits per heavy atom. The predicted molar refractivity (Wildman–Crippen MR) is 183 cm³/mol. The van der Waals surface area contributed by atoms with Crippen LogP contribution in [0.5, 0.6) is 5.75 Å². The van der Waals surface area contributed by atoms with Crippen LogP contribution in [-0.2, 0) is 9.53 Å². The van der Waals surface area contributed by atoms with E-state index in [-0.39, 0.29) is 12.2 Å². The summed E-state index contributed by atoms with van der Waals surface area (Å²) in [5.41, 5.74) is 7.07. The fourth-order valence-electron chi connectivity index (χ4n) is 6.04. The van der Waals surface area contributed by atoms with E-state index in [0.717, 1.165) is 44.4 Å². The van der Waals surface area contributed by atoms with Crippen LogP contribution in [0.1, 0.15) is 35.2 Å². The third-order valence-corrected chi connectivity index (χ3v) is 9.21. The third-order valence-electron chi connectivity index (χ3n) is 8.23. The summed E-state index contributed by atoms with van der Waals surface area (Å²) in [6.07, 6.45) is 1.95. The first-order chi connectivity index (χ1) is 22.5. The highest BCUT2D eigenvalue weighted by atomic mass is 32.1. The van der Waals surface area contributed by atoms with E-state index in [4.69, 9.17) is 14.5 Å². The fourth-order valence-corrected chi connectivity index (χ4v) is 7.02. The van der Waals surface area contributed by atoms with E-state index in [1.54, 1.807) is 18.6 Å². The molecule has 0 saturated carbocycles. The van der Waals surface area contributed by atoms with Crippen LogP contribution in [0.4, 0.5) is 0 Å². The van der Waals surface area contributed by atoms with Crippen molar-refractivity contribution in [3.63, 3.8) is 0 Å². The summed E-state index contributed by atoms with van der Waals surface area (Å²) >= 11 is 1.31. The van der Waals surface area contributed by atoms with Gasteiger partial charge in [0.15, 0.2) is 4.80 Å². The molecule has 0 spiro atoms. The SMILES string of the molecule is CCOC(=O)C1=C(c2ccccc2)N=c2s/c(=C/c3c(-c4ccccc4)[nH]c4c(C)cccc34)c(=O)n2[C@@H]1c1ccc(OC)cc1. The summed E-state index contributed by atoms with van der Waals surface area (Å²) in [4.78, 5) is 37.4. The van der Waals surface area contributed by atoms with Crippen molar-refractivity contribution < 1.29 is 14.3 Å². The molecular weight excluding hydrogens is 595 g/mol. The quantitative estimate of drug-likeness (QED) is 0.208. The number of nitrogens with one attached hydrogen (secondary N) is 1. The molecule has 0 saturated heterocycles. The number of nitrogens with zero attached hydrogens (tertiary/aromatic N) is 2. The van der Waals surface area contributed by atoms with Gasteiger partial charge in [-0.25, -0.2) is 9.79 Å². The Kier molecular flexibility index (Phi) is 7.72. The molecule has 6 aromatic rings. The standard InChI is InChI=1S/C38H31N3O4S/c1-4-45-37(43)31-34(25-15-9-6-10-16-25)40-38-41(35(31)26-18-20-27(44-3)21-19-26)36(42)30(46-38)22-29-28-17-11-12-23(2)32(28)39-33(29)24-13-7-5-8-14-24/h5-22,35,39H,4H2,1-3H3/b30-22+/t35-/m1/s1. The normalized spacial score (nSPS) is 14.7. The minimum absolute atomic E-state index is 0.187. The average molecular weight is 626 g/mol. The van der Waals surface area contributed by atoms with E-state index >= 15 is 0 Å². The molecule has 1 aliphatic rings. The number of methoxy groups -OCH3 is 1. The van der Waals surface area contributed by atoms with Crippen LogP contribution in [0, 0.1) is 6.92 Å². The van der Waals surface area contributed by atoms with Crippen molar-refractivity contribution in [3.05, 3.63) is 151 Å². The predicted octanol–water partition coefficient (Wildman–Crippen LogP) is 6.40. The van der Waals surface area contributed by atoms with Crippen molar-refractivity contribution in [1.29, 1.82) is 0 Å². The monoisotopic (exact) mass is 625 g/mol. The molecule has 0 aliphatic carbocycles. The smallest absolute Gasteiger partial charge is 0.338 e. The number of hydrogen-bond donors (Lipinski definition) is 1. The number of aromatic amines is 1. The van der Waals surface area contributed by atoms with Gasteiger partial charge in [0.25, 0.3) is 5.56 Å². The van der Waals surface area contributed by atoms with Crippen LogP contribution in [0.15, 0.2) is 118 Å². The van der Waals surface area contributed by atoms with Crippen LogP contribution in [0.3, 0.4) is 0 Å². The number of hydrogen-bond acceptors (Lipinski definition) is 6. The Bertz CT molecular complexity index is 2300. The van der Waals surface area contributed by atoms with Gasteiger partial charge >= 0.3 is 5.97 Å². The maximum atomic E-state index is 14.5. The Morgan fingerprint density at radius 3 is 2.30 bits per heavy atom. The number of para-hydroxylation sites is 1. The first-order valence-electron chi connectivity index (χ1n) is 15.1. The van der Waals surface area contributed by atoms with Crippen molar-refractivity contribution in [3.8, 4) is 17.0 Å². The number of H-pyrrole nitrogens is 1. The summed E-state index contributed by atoms with van der Waals surface area (Å²) in [6, 6.07) is 32.5. The topological polar surface area (TPSA) is 85.7 Å². The van der Waals surface area contributed by atoms with Gasteiger partial charge < -0.3 is 14.5 Å². The second kappa shape index (κ2) is 12.1. The number of carbonyl (C=O) groups is 1. The number of aromatic nitrogens is 2. The van der Waals surface area contributed by atoms with Gasteiger partial charge in [-0.2, -0.15) is 0 Å². The molecule has 2 aromatic heterocycles. The Labute approximate surface area is 269 Å². The molecule has 8 heteroatoms. The van der Waals surface area contributed by atoms with Crippen molar-refractivity contribution in [2.45, 2.75) is 19.9 Å². The maximum absolute atomic E-state index is 14.5. The number of carbonyl (C=O) groups excluding carboxylic acids is 1. The van der Waals surface area contributed by atoms with Gasteiger partial charge in [0, 0.05) is 22.0 Å². The molecule has 7 nitrogen and oxygen atoms in total. The van der Waals surface area contributed by atoms with Gasteiger partial charge in [-0.1, -0.05) is 102 Å². The van der Waals surface area contributed by atoms with Crippen molar-refractivity contribution in [2.24, 2.45) is 4.99 Å². The molecule has 4 aromatic carbocycles. The minimum Gasteiger partial charge on any atom is -0.497 e. The molecule has 0 bridgehead atoms. The Morgan fingerprint density at radius 2 is 1.63 bits per heavy atom.